The van der Waals surface area contributed by atoms with Gasteiger partial charge in [0.25, 0.3) is 0 Å². The summed E-state index contributed by atoms with van der Waals surface area (Å²) in [7, 11) is 0. The molecule has 0 aliphatic carbocycles. The molecule has 0 amide bonds. The van der Waals surface area contributed by atoms with E-state index in [2.05, 4.69) is 0 Å². The molecular weight excluding hydrogens is 152 g/mol. The van der Waals surface area contributed by atoms with Crippen LogP contribution in [0, 0.1) is 0 Å². The molecule has 3 N–H and O–H groups in total. The Balaban J connectivity index is 2.52. The third-order valence-corrected chi connectivity index (χ3v) is 1.77. The molecule has 1 aliphatic rings. The molecule has 0 spiro atoms. The van der Waals surface area contributed by atoms with E-state index in [0.29, 0.717) is 0 Å². The molecule has 1 rings (SSSR count). The van der Waals surface area contributed by atoms with Crippen molar-refractivity contribution < 1.29 is 25.2 Å². The zero-order chi connectivity index (χ0) is 8.43. The molecule has 11 heavy (non-hydrogen) atoms. The molecule has 1 saturated heterocycles. The van der Waals surface area contributed by atoms with Gasteiger partial charge in [0, 0.05) is 6.61 Å². The monoisotopic (exact) mass is 163 g/mol. The molecule has 5 heteroatoms. The summed E-state index contributed by atoms with van der Waals surface area (Å²) in [6, 6.07) is 0. The third-order valence-electron chi connectivity index (χ3n) is 1.77. The highest BCUT2D eigenvalue weighted by Gasteiger charge is 2.32. The third kappa shape index (κ3) is 1.69. The van der Waals surface area contributed by atoms with Crippen molar-refractivity contribution in [3.8, 4) is 0 Å². The Morgan fingerprint density at radius 2 is 2.00 bits per heavy atom. The summed E-state index contributed by atoms with van der Waals surface area (Å²) in [5.74, 6) is 0. The average Bonchev–Trinajstić information content (AvgIpc) is 2.01. The topological polar surface area (TPSA) is 93.0 Å². The molecule has 1 aliphatic heterocycles. The van der Waals surface area contributed by atoms with Gasteiger partial charge in [0.1, 0.15) is 12.2 Å². The fourth-order valence-corrected chi connectivity index (χ4v) is 1.02. The maximum atomic E-state index is 10.7. The minimum atomic E-state index is -1.33. The number of ether oxygens (including phenoxy) is 1. The molecule has 4 atom stereocenters. The van der Waals surface area contributed by atoms with E-state index in [4.69, 9.17) is 20.1 Å². The van der Waals surface area contributed by atoms with Gasteiger partial charge in [0.15, 0.2) is 0 Å². The molecule has 0 radical (unpaired) electrons. The molecular formula is C6H11O5-. The summed E-state index contributed by atoms with van der Waals surface area (Å²) in [5.41, 5.74) is 0. The van der Waals surface area contributed by atoms with Crippen LogP contribution >= 0.6 is 0 Å². The van der Waals surface area contributed by atoms with Crippen LogP contribution in [0.1, 0.15) is 0 Å². The fourth-order valence-electron chi connectivity index (χ4n) is 1.02. The van der Waals surface area contributed by atoms with Gasteiger partial charge >= 0.3 is 0 Å². The van der Waals surface area contributed by atoms with Gasteiger partial charge in [-0.05, 0) is 0 Å². The first kappa shape index (κ1) is 8.89. The van der Waals surface area contributed by atoms with E-state index in [1.165, 1.54) is 0 Å². The van der Waals surface area contributed by atoms with E-state index in [-0.39, 0.29) is 13.2 Å². The van der Waals surface area contributed by atoms with Gasteiger partial charge in [0.05, 0.1) is 12.7 Å². The fraction of sp³-hybridized carbons (Fsp3) is 1.00. The van der Waals surface area contributed by atoms with Gasteiger partial charge in [-0.2, -0.15) is 0 Å². The van der Waals surface area contributed by atoms with Crippen molar-refractivity contribution in [3.63, 3.8) is 0 Å². The molecule has 5 nitrogen and oxygen atoms in total. The van der Waals surface area contributed by atoms with Gasteiger partial charge in [-0.25, -0.2) is 0 Å². The average molecular weight is 163 g/mol. The van der Waals surface area contributed by atoms with Crippen molar-refractivity contribution in [1.82, 2.24) is 0 Å². The Morgan fingerprint density at radius 1 is 1.36 bits per heavy atom. The molecule has 1 heterocycles. The first-order valence-corrected chi connectivity index (χ1v) is 3.41. The van der Waals surface area contributed by atoms with Crippen LogP contribution in [0.2, 0.25) is 0 Å². The molecule has 0 aromatic rings. The van der Waals surface area contributed by atoms with Crippen LogP contribution in [0.5, 0.6) is 0 Å². The minimum absolute atomic E-state index is 0.163. The van der Waals surface area contributed by atoms with Crippen LogP contribution in [0.4, 0.5) is 0 Å². The second-order valence-electron chi connectivity index (χ2n) is 2.57. The van der Waals surface area contributed by atoms with Crippen molar-refractivity contribution in [2.24, 2.45) is 0 Å². The maximum absolute atomic E-state index is 10.7. The lowest BCUT2D eigenvalue weighted by Gasteiger charge is -2.40. The smallest absolute Gasteiger partial charge is 0.109 e. The van der Waals surface area contributed by atoms with Gasteiger partial charge in [-0.15, -0.1) is 0 Å². The van der Waals surface area contributed by atoms with Crippen molar-refractivity contribution >= 4 is 0 Å². The Bertz CT molecular complexity index is 126. The lowest BCUT2D eigenvalue weighted by Crippen LogP contribution is -2.58. The first-order valence-electron chi connectivity index (χ1n) is 3.41. The Morgan fingerprint density at radius 3 is 2.55 bits per heavy atom. The largest absolute Gasteiger partial charge is 0.848 e. The first-order chi connectivity index (χ1) is 5.16. The van der Waals surface area contributed by atoms with Gasteiger partial charge in [0.2, 0.25) is 0 Å². The molecule has 0 bridgehead atoms. The second kappa shape index (κ2) is 3.46. The lowest BCUT2D eigenvalue weighted by molar-refractivity contribution is -0.462. The lowest BCUT2D eigenvalue weighted by atomic mass is 10.0. The molecule has 0 aromatic heterocycles. The quantitative estimate of drug-likeness (QED) is 0.379. The highest BCUT2D eigenvalue weighted by molar-refractivity contribution is 4.85. The predicted octanol–water partition coefficient (Wildman–Crippen LogP) is -3.17. The predicted molar refractivity (Wildman–Crippen MR) is 32.6 cm³/mol. The SMILES string of the molecule is [O-][C@@H]1CO[C@H](CO)[C@@H](O)[C@@H]1O. The maximum Gasteiger partial charge on any atom is 0.109 e. The van der Waals surface area contributed by atoms with Gasteiger partial charge in [-0.1, -0.05) is 6.10 Å². The van der Waals surface area contributed by atoms with Crippen molar-refractivity contribution in [2.75, 3.05) is 13.2 Å². The highest BCUT2D eigenvalue weighted by Crippen LogP contribution is 2.12. The number of hydrogen-bond donors (Lipinski definition) is 3. The van der Waals surface area contributed by atoms with Gasteiger partial charge < -0.3 is 25.2 Å². The van der Waals surface area contributed by atoms with E-state index < -0.39 is 24.4 Å². The number of aliphatic hydroxyl groups excluding tert-OH is 3. The van der Waals surface area contributed by atoms with E-state index in [1.54, 1.807) is 0 Å². The number of hydrogen-bond acceptors (Lipinski definition) is 5. The molecule has 66 valence electrons. The highest BCUT2D eigenvalue weighted by atomic mass is 16.5. The Kier molecular flexibility index (Phi) is 2.80. The van der Waals surface area contributed by atoms with Crippen LogP contribution < -0.4 is 5.11 Å². The van der Waals surface area contributed by atoms with Crippen LogP contribution in [0.3, 0.4) is 0 Å². The van der Waals surface area contributed by atoms with Crippen LogP contribution in [0.25, 0.3) is 0 Å². The standard InChI is InChI=1S/C6H11O5/c7-1-4-6(10)5(9)3(8)2-11-4/h3-7,9-10H,1-2H2/q-1/t3-,4-,5-,6-/m1/s1. The van der Waals surface area contributed by atoms with Crippen molar-refractivity contribution in [3.05, 3.63) is 0 Å². The molecule has 0 aromatic carbocycles. The summed E-state index contributed by atoms with van der Waals surface area (Å²) < 4.78 is 4.75. The summed E-state index contributed by atoms with van der Waals surface area (Å²) in [6.07, 6.45) is -4.74. The summed E-state index contributed by atoms with van der Waals surface area (Å²) in [5, 5.41) is 37.4. The van der Waals surface area contributed by atoms with Crippen molar-refractivity contribution in [2.45, 2.75) is 24.4 Å². The zero-order valence-corrected chi connectivity index (χ0v) is 5.88. The van der Waals surface area contributed by atoms with E-state index in [0.717, 1.165) is 0 Å². The van der Waals surface area contributed by atoms with E-state index in [1.807, 2.05) is 0 Å². The molecule has 0 unspecified atom stereocenters. The van der Waals surface area contributed by atoms with Crippen LogP contribution in [0.15, 0.2) is 0 Å². The Labute approximate surface area is 63.8 Å². The number of aliphatic hydroxyl groups is 3. The normalized spacial score (nSPS) is 45.8. The number of rotatable bonds is 1. The Hall–Kier alpha value is -0.200. The van der Waals surface area contributed by atoms with Crippen molar-refractivity contribution in [1.29, 1.82) is 0 Å². The molecule has 0 saturated carbocycles. The minimum Gasteiger partial charge on any atom is -0.848 e. The van der Waals surface area contributed by atoms with E-state index in [9.17, 15) is 5.11 Å². The summed E-state index contributed by atoms with van der Waals surface area (Å²) >= 11 is 0. The van der Waals surface area contributed by atoms with E-state index >= 15 is 0 Å². The van der Waals surface area contributed by atoms with Crippen LogP contribution in [-0.2, 0) is 4.74 Å². The van der Waals surface area contributed by atoms with Gasteiger partial charge in [-0.3, -0.25) is 0 Å². The summed E-state index contributed by atoms with van der Waals surface area (Å²) in [6.45, 7) is -0.547. The van der Waals surface area contributed by atoms with Crippen LogP contribution in [-0.4, -0.2) is 52.9 Å². The second-order valence-corrected chi connectivity index (χ2v) is 2.57. The summed E-state index contributed by atoms with van der Waals surface area (Å²) in [4.78, 5) is 0. The zero-order valence-electron chi connectivity index (χ0n) is 5.88. The molecule has 1 fully saturated rings.